The van der Waals surface area contributed by atoms with Gasteiger partial charge in [-0.1, -0.05) is 0 Å². The fourth-order valence-electron chi connectivity index (χ4n) is 0.0282. The summed E-state index contributed by atoms with van der Waals surface area (Å²) in [6.45, 7) is 0. The van der Waals surface area contributed by atoms with Gasteiger partial charge in [0.25, 0.3) is 0 Å². The van der Waals surface area contributed by atoms with Crippen LogP contribution < -0.4 is 5.59 Å². The van der Waals surface area contributed by atoms with Crippen LogP contribution in [0.25, 0.3) is 0 Å². The average molecular weight is 96.0 g/mol. The van der Waals surface area contributed by atoms with Gasteiger partial charge in [-0.2, -0.15) is 0 Å². The van der Waals surface area contributed by atoms with Crippen LogP contribution in [0.1, 0.15) is 0 Å². The summed E-state index contributed by atoms with van der Waals surface area (Å²) >= 11 is 0. The van der Waals surface area contributed by atoms with Gasteiger partial charge in [0, 0.05) is 5.59 Å². The molecule has 1 N–H and O–H groups in total. The van der Waals surface area contributed by atoms with E-state index < -0.39 is 5.03 Å². The fraction of sp³-hybridized carbons (Fsp3) is 0. The Morgan fingerprint density at radius 2 is 2.50 bits per heavy atom. The van der Waals surface area contributed by atoms with E-state index in [1.807, 2.05) is 0 Å². The van der Waals surface area contributed by atoms with Crippen LogP contribution in [0, 0.1) is 10.1 Å². The first-order valence-electron chi connectivity index (χ1n) is 0.947. The molecule has 5 nitrogen and oxygen atoms in total. The summed E-state index contributed by atoms with van der Waals surface area (Å²) in [4.78, 5) is 8.93. The van der Waals surface area contributed by atoms with Gasteiger partial charge >= 0.3 is 0 Å². The molecular formula is HFN2O3. The van der Waals surface area contributed by atoms with Gasteiger partial charge in [0.15, 0.2) is 5.03 Å². The molecule has 0 rings (SSSR count). The predicted molar refractivity (Wildman–Crippen MR) is 12.3 cm³/mol. The van der Waals surface area contributed by atoms with Crippen molar-refractivity contribution in [2.75, 3.05) is 0 Å². The molecule has 0 fully saturated rings. The van der Waals surface area contributed by atoms with E-state index in [0.29, 0.717) is 0 Å². The molecule has 0 saturated carbocycles. The highest BCUT2D eigenvalue weighted by Gasteiger charge is 1.85. The van der Waals surface area contributed by atoms with Crippen molar-refractivity contribution in [2.45, 2.75) is 0 Å². The fourth-order valence-corrected chi connectivity index (χ4v) is 0.0282. The van der Waals surface area contributed by atoms with Crippen LogP contribution in [0.5, 0.6) is 0 Å². The molecule has 6 heteroatoms. The zero-order valence-electron chi connectivity index (χ0n) is 2.55. The van der Waals surface area contributed by atoms with Crippen molar-refractivity contribution in [3.63, 3.8) is 0 Å². The molecule has 0 aromatic heterocycles. The Labute approximate surface area is 31.7 Å². The number of nitrogens with zero attached hydrogens (tertiary/aromatic N) is 1. The number of nitro groups is 1. The number of halogens is 1. The molecule has 0 amide bonds. The lowest BCUT2D eigenvalue weighted by molar-refractivity contribution is -0.632. The second-order valence-electron chi connectivity index (χ2n) is 0.426. The summed E-state index contributed by atoms with van der Waals surface area (Å²) in [5.74, 6) is 0. The largest absolute Gasteiger partial charge is 0.233 e. The zero-order valence-corrected chi connectivity index (χ0v) is 2.55. The lowest BCUT2D eigenvalue weighted by Gasteiger charge is -1.79. The molecule has 0 aromatic rings. The molecule has 0 unspecified atom stereocenters. The molecule has 0 spiro atoms. The maximum Gasteiger partial charge on any atom is 0.186 e. The average Bonchev–Trinajstić information content (AvgIpc) is 1.35. The number of hydrazine groups is 1. The smallest absolute Gasteiger partial charge is 0.186 e. The second-order valence-corrected chi connectivity index (χ2v) is 0.426. The molecule has 36 valence electrons. The lowest BCUT2D eigenvalue weighted by Crippen LogP contribution is -2.17. The molecule has 0 aliphatic heterocycles. The first kappa shape index (κ1) is 5.09. The van der Waals surface area contributed by atoms with Gasteiger partial charge in [-0.15, -0.1) is 0 Å². The van der Waals surface area contributed by atoms with Gasteiger partial charge in [-0.25, -0.2) is 10.1 Å². The minimum absolute atomic E-state index is 0.764. The van der Waals surface area contributed by atoms with E-state index in [1.165, 1.54) is 0 Å². The highest BCUT2D eigenvalue weighted by atomic mass is 19.3. The maximum atomic E-state index is 10.2. The standard InChI is InChI=1S/FHN2O3/c1-6-2-3(4)5/h2H. The van der Waals surface area contributed by atoms with E-state index in [-0.39, 0.29) is 0 Å². The first-order chi connectivity index (χ1) is 2.77. The normalized spacial score (nSPS) is 7.50. The van der Waals surface area contributed by atoms with Crippen LogP contribution in [-0.4, -0.2) is 5.03 Å². The van der Waals surface area contributed by atoms with E-state index in [9.17, 15) is 4.53 Å². The van der Waals surface area contributed by atoms with Crippen molar-refractivity contribution in [3.05, 3.63) is 10.1 Å². The Kier molecular flexibility index (Phi) is 1.98. The second kappa shape index (κ2) is 2.33. The van der Waals surface area contributed by atoms with Crippen LogP contribution in [0.15, 0.2) is 0 Å². The number of hydrogen-bond donors (Lipinski definition) is 1. The van der Waals surface area contributed by atoms with Gasteiger partial charge < -0.3 is 0 Å². The third kappa shape index (κ3) is 3.09. The summed E-state index contributed by atoms with van der Waals surface area (Å²) < 4.78 is 10.2. The van der Waals surface area contributed by atoms with Gasteiger partial charge in [0.1, 0.15) is 0 Å². The van der Waals surface area contributed by atoms with Crippen molar-refractivity contribution in [3.8, 4) is 0 Å². The van der Waals surface area contributed by atoms with Crippen LogP contribution in [0.4, 0.5) is 4.53 Å². The topological polar surface area (TPSA) is 64.4 Å². The first-order valence-corrected chi connectivity index (χ1v) is 0.947. The van der Waals surface area contributed by atoms with Crippen molar-refractivity contribution in [2.24, 2.45) is 0 Å². The monoisotopic (exact) mass is 96.0 g/mol. The van der Waals surface area contributed by atoms with E-state index in [2.05, 4.69) is 5.04 Å². The minimum Gasteiger partial charge on any atom is -0.233 e. The van der Waals surface area contributed by atoms with Crippen LogP contribution in [0.3, 0.4) is 0 Å². The minimum atomic E-state index is -1.17. The summed E-state index contributed by atoms with van der Waals surface area (Å²) in [5, 5.41) is 10.1. The van der Waals surface area contributed by atoms with Gasteiger partial charge in [-0.3, -0.25) is 0 Å². The summed E-state index contributed by atoms with van der Waals surface area (Å²) in [5.41, 5.74) is 0.764. The molecule has 0 aromatic carbocycles. The number of hydrogen-bond acceptors (Lipinski definition) is 3. The Bertz CT molecular complexity index is 52.8. The summed E-state index contributed by atoms with van der Waals surface area (Å²) in [7, 11) is 0. The molecule has 0 aliphatic rings. The van der Waals surface area contributed by atoms with E-state index in [0.717, 1.165) is 5.59 Å². The molecule has 6 heavy (non-hydrogen) atoms. The lowest BCUT2D eigenvalue weighted by atomic mass is 12.6. The predicted octanol–water partition coefficient (Wildman–Crippen LogP) is -0.416. The van der Waals surface area contributed by atoms with Gasteiger partial charge in [0.2, 0.25) is 0 Å². The Morgan fingerprint density at radius 1 is 2.00 bits per heavy atom. The molecule has 0 saturated heterocycles. The zero-order chi connectivity index (χ0) is 4.99. The highest BCUT2D eigenvalue weighted by Crippen LogP contribution is 1.59. The number of nitrogens with one attached hydrogen (secondary N) is 1. The van der Waals surface area contributed by atoms with E-state index in [1.54, 1.807) is 0 Å². The molecular weight excluding hydrogens is 95.0 g/mol. The van der Waals surface area contributed by atoms with Gasteiger partial charge in [-0.05, 0) is 9.57 Å². The van der Waals surface area contributed by atoms with Crippen molar-refractivity contribution < 1.29 is 14.6 Å². The summed E-state index contributed by atoms with van der Waals surface area (Å²) in [6.07, 6.45) is 0. The molecule has 0 heterocycles. The molecule has 0 aliphatic carbocycles. The quantitative estimate of drug-likeness (QED) is 0.374. The van der Waals surface area contributed by atoms with E-state index >= 15 is 0 Å². The van der Waals surface area contributed by atoms with Crippen LogP contribution >= 0.6 is 0 Å². The van der Waals surface area contributed by atoms with E-state index in [4.69, 9.17) is 10.1 Å². The SMILES string of the molecule is O=[N+]([O-])NOF. The van der Waals surface area contributed by atoms with Crippen molar-refractivity contribution in [1.29, 1.82) is 0 Å². The third-order valence-electron chi connectivity index (χ3n) is 0.109. The molecule has 0 bridgehead atoms. The number of rotatable bonds is 2. The van der Waals surface area contributed by atoms with Crippen LogP contribution in [0.2, 0.25) is 0 Å². The third-order valence-corrected chi connectivity index (χ3v) is 0.109. The molecule has 0 atom stereocenters. The van der Waals surface area contributed by atoms with Crippen LogP contribution in [-0.2, 0) is 5.04 Å². The Morgan fingerprint density at radius 3 is 2.50 bits per heavy atom. The Hall–Kier alpha value is -0.910. The Balaban J connectivity index is 2.83. The molecule has 0 radical (unpaired) electrons. The maximum absolute atomic E-state index is 10.2. The van der Waals surface area contributed by atoms with Gasteiger partial charge in [0.05, 0.1) is 0 Å². The highest BCUT2D eigenvalue weighted by molar-refractivity contribution is 3.89. The summed E-state index contributed by atoms with van der Waals surface area (Å²) in [6, 6.07) is 0. The van der Waals surface area contributed by atoms with Crippen molar-refractivity contribution in [1.82, 2.24) is 5.59 Å². The van der Waals surface area contributed by atoms with Crippen molar-refractivity contribution >= 4 is 0 Å².